The molecule has 0 atom stereocenters. The number of thiol groups is 1. The van der Waals surface area contributed by atoms with Crippen molar-refractivity contribution in [1.82, 2.24) is 35.4 Å². The lowest BCUT2D eigenvalue weighted by Crippen LogP contribution is -2.07. The molecule has 4 aromatic rings. The third-order valence-electron chi connectivity index (χ3n) is 4.81. The summed E-state index contributed by atoms with van der Waals surface area (Å²) in [5.74, 6) is 3.15. The molecule has 0 fully saturated rings. The van der Waals surface area contributed by atoms with E-state index in [0.29, 0.717) is 12.4 Å². The van der Waals surface area contributed by atoms with Crippen molar-refractivity contribution in [2.24, 2.45) is 0 Å². The first-order valence-electron chi connectivity index (χ1n) is 9.85. The first-order valence-corrected chi connectivity index (χ1v) is 10.5. The molecule has 2 aromatic carbocycles. The summed E-state index contributed by atoms with van der Waals surface area (Å²) < 4.78 is 1.99. The number of benzene rings is 2. The Morgan fingerprint density at radius 1 is 1.03 bits per heavy atom. The minimum absolute atomic E-state index is 0.584. The minimum Gasteiger partial charge on any atom is -0.245 e. The summed E-state index contributed by atoms with van der Waals surface area (Å²) in [7, 11) is 0. The normalized spacial score (nSPS) is 11.0. The van der Waals surface area contributed by atoms with Crippen molar-refractivity contribution < 1.29 is 0 Å². The fourth-order valence-electron chi connectivity index (χ4n) is 3.34. The molecule has 4 rings (SSSR count). The van der Waals surface area contributed by atoms with Crippen molar-refractivity contribution in [3.63, 3.8) is 0 Å². The van der Waals surface area contributed by atoms with Gasteiger partial charge in [0, 0.05) is 18.4 Å². The second-order valence-electron chi connectivity index (χ2n) is 6.88. The Morgan fingerprint density at radius 3 is 2.53 bits per heavy atom. The molecule has 152 valence electrons. The van der Waals surface area contributed by atoms with E-state index in [2.05, 4.69) is 80.2 Å². The van der Waals surface area contributed by atoms with Gasteiger partial charge in [-0.15, -0.1) is 16.8 Å². The Balaban J connectivity index is 1.58. The average Bonchev–Trinajstić information content (AvgIpc) is 3.44. The van der Waals surface area contributed by atoms with Gasteiger partial charge in [-0.3, -0.25) is 0 Å². The van der Waals surface area contributed by atoms with E-state index in [1.165, 1.54) is 0 Å². The predicted octanol–water partition coefficient (Wildman–Crippen LogP) is 3.76. The first-order chi connectivity index (χ1) is 14.8. The van der Waals surface area contributed by atoms with Gasteiger partial charge in [0.2, 0.25) is 5.82 Å². The standard InChI is InChI=1S/C22H23N7S/c1-2-3-8-21-23-20(13-14-30)26-29(21)15-16-9-11-17(12-10-16)18-6-4-5-7-19(18)22-24-27-28-25-22/h2,4-7,9-12,30H,1,3,8,13-15H2,(H,24,25,27,28). The molecule has 0 aliphatic heterocycles. The quantitative estimate of drug-likeness (QED) is 0.320. The smallest absolute Gasteiger partial charge is 0.205 e. The van der Waals surface area contributed by atoms with Gasteiger partial charge in [0.05, 0.1) is 6.54 Å². The number of nitrogens with one attached hydrogen (secondary N) is 1. The number of allylic oxidation sites excluding steroid dienone is 1. The molecule has 0 unspecified atom stereocenters. The molecule has 0 saturated carbocycles. The fraction of sp³-hybridized carbons (Fsp3) is 0.227. The van der Waals surface area contributed by atoms with Gasteiger partial charge in [0.25, 0.3) is 0 Å². The summed E-state index contributed by atoms with van der Waals surface area (Å²) in [5, 5.41) is 19.1. The van der Waals surface area contributed by atoms with Gasteiger partial charge in [-0.2, -0.15) is 22.9 Å². The molecule has 0 bridgehead atoms. The Morgan fingerprint density at radius 2 is 1.83 bits per heavy atom. The average molecular weight is 418 g/mol. The fourth-order valence-corrected chi connectivity index (χ4v) is 3.54. The highest BCUT2D eigenvalue weighted by molar-refractivity contribution is 7.80. The maximum Gasteiger partial charge on any atom is 0.205 e. The molecule has 0 amide bonds. The number of aromatic nitrogens is 7. The van der Waals surface area contributed by atoms with Crippen LogP contribution in [0.15, 0.2) is 61.2 Å². The zero-order chi connectivity index (χ0) is 20.8. The number of H-pyrrole nitrogens is 1. The summed E-state index contributed by atoms with van der Waals surface area (Å²) in [5.41, 5.74) is 4.27. The monoisotopic (exact) mass is 417 g/mol. The lowest BCUT2D eigenvalue weighted by Gasteiger charge is -2.09. The van der Waals surface area contributed by atoms with Crippen LogP contribution < -0.4 is 0 Å². The van der Waals surface area contributed by atoms with E-state index in [1.54, 1.807) is 0 Å². The van der Waals surface area contributed by atoms with Crippen LogP contribution in [-0.2, 0) is 19.4 Å². The van der Waals surface area contributed by atoms with Crippen LogP contribution in [0.2, 0.25) is 0 Å². The maximum atomic E-state index is 4.67. The Hall–Kier alpha value is -3.26. The SMILES string of the molecule is C=CCCc1nc(CCS)nn1Cc1ccc(-c2ccccc2-c2nn[nH]n2)cc1. The number of hydrogen-bond donors (Lipinski definition) is 2. The van der Waals surface area contributed by atoms with Crippen molar-refractivity contribution in [2.75, 3.05) is 5.75 Å². The highest BCUT2D eigenvalue weighted by Gasteiger charge is 2.12. The lowest BCUT2D eigenvalue weighted by molar-refractivity contribution is 0.630. The Labute approximate surface area is 180 Å². The van der Waals surface area contributed by atoms with Crippen LogP contribution in [-0.4, -0.2) is 41.1 Å². The summed E-state index contributed by atoms with van der Waals surface area (Å²) in [6, 6.07) is 16.5. The number of aromatic amines is 1. The summed E-state index contributed by atoms with van der Waals surface area (Å²) in [4.78, 5) is 4.67. The van der Waals surface area contributed by atoms with Crippen molar-refractivity contribution in [3.05, 3.63) is 78.4 Å². The zero-order valence-corrected chi connectivity index (χ0v) is 17.5. The highest BCUT2D eigenvalue weighted by Crippen LogP contribution is 2.29. The van der Waals surface area contributed by atoms with E-state index in [0.717, 1.165) is 58.9 Å². The van der Waals surface area contributed by atoms with Gasteiger partial charge in [0.1, 0.15) is 5.82 Å². The molecule has 2 aromatic heterocycles. The molecule has 8 heteroatoms. The van der Waals surface area contributed by atoms with E-state index in [4.69, 9.17) is 0 Å². The van der Waals surface area contributed by atoms with Gasteiger partial charge in [-0.25, -0.2) is 9.67 Å². The van der Waals surface area contributed by atoms with Gasteiger partial charge in [-0.05, 0) is 34.1 Å². The molecule has 0 radical (unpaired) electrons. The predicted molar refractivity (Wildman–Crippen MR) is 120 cm³/mol. The van der Waals surface area contributed by atoms with Crippen LogP contribution in [0.4, 0.5) is 0 Å². The molecular formula is C22H23N7S. The van der Waals surface area contributed by atoms with Gasteiger partial charge in [0.15, 0.2) is 5.82 Å². The van der Waals surface area contributed by atoms with Crippen LogP contribution in [0, 0.1) is 0 Å². The minimum atomic E-state index is 0.584. The number of hydrogen-bond acceptors (Lipinski definition) is 6. The topological polar surface area (TPSA) is 85.2 Å². The third kappa shape index (κ3) is 4.49. The van der Waals surface area contributed by atoms with Crippen LogP contribution in [0.5, 0.6) is 0 Å². The molecule has 0 saturated heterocycles. The van der Waals surface area contributed by atoms with Gasteiger partial charge in [-0.1, -0.05) is 54.6 Å². The Bertz CT molecular complexity index is 1100. The molecule has 7 nitrogen and oxygen atoms in total. The van der Waals surface area contributed by atoms with Gasteiger partial charge >= 0.3 is 0 Å². The molecule has 0 spiro atoms. The van der Waals surface area contributed by atoms with Crippen LogP contribution in [0.3, 0.4) is 0 Å². The molecular weight excluding hydrogens is 394 g/mol. The molecule has 30 heavy (non-hydrogen) atoms. The van der Waals surface area contributed by atoms with Crippen molar-refractivity contribution in [2.45, 2.75) is 25.8 Å². The van der Waals surface area contributed by atoms with Crippen LogP contribution >= 0.6 is 12.6 Å². The van der Waals surface area contributed by atoms with E-state index < -0.39 is 0 Å². The van der Waals surface area contributed by atoms with Crippen LogP contribution in [0.25, 0.3) is 22.5 Å². The van der Waals surface area contributed by atoms with Crippen molar-refractivity contribution >= 4 is 12.6 Å². The third-order valence-corrected chi connectivity index (χ3v) is 5.03. The van der Waals surface area contributed by atoms with Crippen LogP contribution in [0.1, 0.15) is 23.6 Å². The first kappa shape index (κ1) is 20.0. The second-order valence-corrected chi connectivity index (χ2v) is 7.33. The second kappa shape index (κ2) is 9.49. The van der Waals surface area contributed by atoms with E-state index in [9.17, 15) is 0 Å². The van der Waals surface area contributed by atoms with E-state index >= 15 is 0 Å². The lowest BCUT2D eigenvalue weighted by atomic mass is 9.98. The molecule has 0 aliphatic rings. The number of nitrogens with zero attached hydrogens (tertiary/aromatic N) is 6. The molecule has 1 N–H and O–H groups in total. The zero-order valence-electron chi connectivity index (χ0n) is 16.6. The number of aryl methyl sites for hydroxylation is 2. The van der Waals surface area contributed by atoms with Crippen molar-refractivity contribution in [3.8, 4) is 22.5 Å². The van der Waals surface area contributed by atoms with E-state index in [1.807, 2.05) is 29.0 Å². The highest BCUT2D eigenvalue weighted by atomic mass is 32.1. The Kier molecular flexibility index (Phi) is 6.34. The summed E-state index contributed by atoms with van der Waals surface area (Å²) in [6.45, 7) is 4.49. The van der Waals surface area contributed by atoms with E-state index in [-0.39, 0.29) is 0 Å². The summed E-state index contributed by atoms with van der Waals surface area (Å²) >= 11 is 4.30. The largest absolute Gasteiger partial charge is 0.245 e. The van der Waals surface area contributed by atoms with Crippen molar-refractivity contribution in [1.29, 1.82) is 0 Å². The van der Waals surface area contributed by atoms with Gasteiger partial charge < -0.3 is 0 Å². The molecule has 0 aliphatic carbocycles. The number of tetrazole rings is 1. The number of rotatable bonds is 9. The maximum absolute atomic E-state index is 4.67. The summed E-state index contributed by atoms with van der Waals surface area (Å²) in [6.07, 6.45) is 4.39. The molecule has 2 heterocycles.